The highest BCUT2D eigenvalue weighted by Gasteiger charge is 2.10. The molecule has 0 aliphatic heterocycles. The largest absolute Gasteiger partial charge is 0.493 e. The van der Waals surface area contributed by atoms with E-state index >= 15 is 0 Å². The van der Waals surface area contributed by atoms with Gasteiger partial charge < -0.3 is 9.47 Å². The van der Waals surface area contributed by atoms with Gasteiger partial charge >= 0.3 is 0 Å². The van der Waals surface area contributed by atoms with Gasteiger partial charge in [-0.05, 0) is 15.9 Å². The minimum Gasteiger partial charge on any atom is -0.493 e. The predicted molar refractivity (Wildman–Crippen MR) is 50.1 cm³/mol. The lowest BCUT2D eigenvalue weighted by Crippen LogP contribution is -1.93. The van der Waals surface area contributed by atoms with Gasteiger partial charge in [-0.3, -0.25) is 0 Å². The first kappa shape index (κ1) is 9.61. The Morgan fingerprint density at radius 2 is 2.08 bits per heavy atom. The first-order chi connectivity index (χ1) is 5.69. The van der Waals surface area contributed by atoms with Crippen LogP contribution in [0.15, 0.2) is 10.7 Å². The Labute approximate surface area is 83.8 Å². The van der Waals surface area contributed by atoms with Gasteiger partial charge in [0.05, 0.1) is 14.2 Å². The maximum Gasteiger partial charge on any atom is 0.198 e. The van der Waals surface area contributed by atoms with E-state index in [-0.39, 0.29) is 5.15 Å². The number of ether oxygens (including phenoxy) is 2. The highest BCUT2D eigenvalue weighted by atomic mass is 79.9. The van der Waals surface area contributed by atoms with Crippen LogP contribution >= 0.6 is 27.5 Å². The van der Waals surface area contributed by atoms with Crippen LogP contribution in [0.3, 0.4) is 0 Å². The summed E-state index contributed by atoms with van der Waals surface area (Å²) in [5.74, 6) is 1.01. The zero-order valence-electron chi connectivity index (χ0n) is 6.60. The van der Waals surface area contributed by atoms with Gasteiger partial charge in [0.25, 0.3) is 0 Å². The van der Waals surface area contributed by atoms with Gasteiger partial charge in [-0.25, -0.2) is 4.98 Å². The van der Waals surface area contributed by atoms with Gasteiger partial charge in [0, 0.05) is 6.07 Å². The van der Waals surface area contributed by atoms with E-state index < -0.39 is 0 Å². The summed E-state index contributed by atoms with van der Waals surface area (Å²) in [4.78, 5) is 3.93. The fourth-order valence-electron chi connectivity index (χ4n) is 0.789. The summed E-state index contributed by atoms with van der Waals surface area (Å²) in [6.45, 7) is 0. The summed E-state index contributed by atoms with van der Waals surface area (Å²) in [7, 11) is 3.06. The monoisotopic (exact) mass is 251 g/mol. The Bertz CT molecular complexity index is 293. The molecule has 1 heterocycles. The first-order valence-corrected chi connectivity index (χ1v) is 4.30. The van der Waals surface area contributed by atoms with E-state index in [4.69, 9.17) is 21.1 Å². The second kappa shape index (κ2) is 3.96. The molecule has 0 radical (unpaired) electrons. The molecule has 3 nitrogen and oxygen atoms in total. The van der Waals surface area contributed by atoms with Gasteiger partial charge in [-0.2, -0.15) is 0 Å². The van der Waals surface area contributed by atoms with Gasteiger partial charge in [-0.15, -0.1) is 0 Å². The molecule has 0 unspecified atom stereocenters. The van der Waals surface area contributed by atoms with Gasteiger partial charge in [0.15, 0.2) is 16.7 Å². The van der Waals surface area contributed by atoms with E-state index in [1.807, 2.05) is 0 Å². The van der Waals surface area contributed by atoms with Crippen molar-refractivity contribution in [2.45, 2.75) is 0 Å². The van der Waals surface area contributed by atoms with Crippen molar-refractivity contribution in [1.29, 1.82) is 0 Å². The van der Waals surface area contributed by atoms with E-state index in [2.05, 4.69) is 20.9 Å². The summed E-state index contributed by atoms with van der Waals surface area (Å²) < 4.78 is 10.6. The number of aromatic nitrogens is 1. The van der Waals surface area contributed by atoms with Crippen molar-refractivity contribution in [3.8, 4) is 11.5 Å². The summed E-state index contributed by atoms with van der Waals surface area (Å²) in [6.07, 6.45) is 0. The molecule has 0 amide bonds. The Morgan fingerprint density at radius 1 is 1.42 bits per heavy atom. The molecule has 0 aliphatic carbocycles. The van der Waals surface area contributed by atoms with Crippen LogP contribution in [0, 0.1) is 0 Å². The maximum absolute atomic E-state index is 5.77. The number of nitrogens with zero attached hydrogens (tertiary/aromatic N) is 1. The molecule has 1 rings (SSSR count). The van der Waals surface area contributed by atoms with E-state index in [0.29, 0.717) is 16.1 Å². The van der Waals surface area contributed by atoms with Crippen LogP contribution in [0.4, 0.5) is 0 Å². The standard InChI is InChI=1S/C7H7BrClNO2/c1-11-4-3-5(8)10-7(9)6(4)12-2/h3H,1-2H3. The topological polar surface area (TPSA) is 31.4 Å². The minimum atomic E-state index is 0.281. The van der Waals surface area contributed by atoms with Crippen molar-refractivity contribution in [1.82, 2.24) is 4.98 Å². The first-order valence-electron chi connectivity index (χ1n) is 3.13. The van der Waals surface area contributed by atoms with Crippen LogP contribution in [-0.4, -0.2) is 19.2 Å². The molecule has 0 aliphatic rings. The molecular weight excluding hydrogens is 245 g/mol. The van der Waals surface area contributed by atoms with Gasteiger partial charge in [0.2, 0.25) is 0 Å². The number of hydrogen-bond donors (Lipinski definition) is 0. The molecule has 0 spiro atoms. The Morgan fingerprint density at radius 3 is 2.58 bits per heavy atom. The van der Waals surface area contributed by atoms with E-state index in [0.717, 1.165) is 0 Å². The van der Waals surface area contributed by atoms with Gasteiger partial charge in [-0.1, -0.05) is 11.6 Å². The Balaban J connectivity index is 3.24. The normalized spacial score (nSPS) is 9.67. The number of rotatable bonds is 2. The number of methoxy groups -OCH3 is 2. The highest BCUT2D eigenvalue weighted by Crippen LogP contribution is 2.34. The van der Waals surface area contributed by atoms with E-state index in [9.17, 15) is 0 Å². The Hall–Kier alpha value is -0.480. The van der Waals surface area contributed by atoms with Crippen LogP contribution in [0.5, 0.6) is 11.5 Å². The molecule has 1 aromatic heterocycles. The summed E-state index contributed by atoms with van der Waals surface area (Å²) in [5.41, 5.74) is 0. The molecule has 12 heavy (non-hydrogen) atoms. The maximum atomic E-state index is 5.77. The zero-order chi connectivity index (χ0) is 9.14. The molecule has 0 saturated heterocycles. The smallest absolute Gasteiger partial charge is 0.198 e. The molecule has 1 aromatic rings. The van der Waals surface area contributed by atoms with Crippen molar-refractivity contribution in [2.24, 2.45) is 0 Å². The minimum absolute atomic E-state index is 0.281. The second-order valence-corrected chi connectivity index (χ2v) is 3.14. The quantitative estimate of drug-likeness (QED) is 0.758. The summed E-state index contributed by atoms with van der Waals surface area (Å²) in [6, 6.07) is 1.69. The molecule has 0 atom stereocenters. The fourth-order valence-corrected chi connectivity index (χ4v) is 1.54. The number of hydrogen-bond acceptors (Lipinski definition) is 3. The molecule has 0 N–H and O–H groups in total. The SMILES string of the molecule is COc1cc(Br)nc(Cl)c1OC. The molecule has 0 aromatic carbocycles. The van der Waals surface area contributed by atoms with Crippen LogP contribution < -0.4 is 9.47 Å². The van der Waals surface area contributed by atoms with Crippen molar-refractivity contribution >= 4 is 27.5 Å². The van der Waals surface area contributed by atoms with Crippen molar-refractivity contribution in [3.05, 3.63) is 15.8 Å². The third-order valence-corrected chi connectivity index (χ3v) is 1.95. The molecule has 0 fully saturated rings. The molecule has 0 bridgehead atoms. The van der Waals surface area contributed by atoms with Crippen LogP contribution in [0.25, 0.3) is 0 Å². The number of halogens is 2. The van der Waals surface area contributed by atoms with Crippen molar-refractivity contribution in [2.75, 3.05) is 14.2 Å². The zero-order valence-corrected chi connectivity index (χ0v) is 8.94. The average Bonchev–Trinajstić information content (AvgIpc) is 2.03. The lowest BCUT2D eigenvalue weighted by Gasteiger charge is -2.07. The summed E-state index contributed by atoms with van der Waals surface area (Å²) in [5, 5.41) is 0.281. The Kier molecular flexibility index (Phi) is 3.17. The second-order valence-electron chi connectivity index (χ2n) is 1.97. The molecule has 5 heteroatoms. The fraction of sp³-hybridized carbons (Fsp3) is 0.286. The third kappa shape index (κ3) is 1.81. The third-order valence-electron chi connectivity index (χ3n) is 1.29. The van der Waals surface area contributed by atoms with Crippen LogP contribution in [0.1, 0.15) is 0 Å². The lowest BCUT2D eigenvalue weighted by atomic mass is 10.4. The van der Waals surface area contributed by atoms with E-state index in [1.165, 1.54) is 7.11 Å². The molecule has 0 saturated carbocycles. The van der Waals surface area contributed by atoms with Gasteiger partial charge in [0.1, 0.15) is 4.60 Å². The molecular formula is C7H7BrClNO2. The lowest BCUT2D eigenvalue weighted by molar-refractivity contribution is 0.353. The van der Waals surface area contributed by atoms with Crippen molar-refractivity contribution < 1.29 is 9.47 Å². The predicted octanol–water partition coefficient (Wildman–Crippen LogP) is 2.51. The van der Waals surface area contributed by atoms with E-state index in [1.54, 1.807) is 13.2 Å². The van der Waals surface area contributed by atoms with Crippen molar-refractivity contribution in [3.63, 3.8) is 0 Å². The molecule has 66 valence electrons. The van der Waals surface area contributed by atoms with Crippen LogP contribution in [-0.2, 0) is 0 Å². The summed E-state index contributed by atoms with van der Waals surface area (Å²) >= 11 is 8.95. The average molecular weight is 252 g/mol. The van der Waals surface area contributed by atoms with Crippen LogP contribution in [0.2, 0.25) is 5.15 Å². The highest BCUT2D eigenvalue weighted by molar-refractivity contribution is 9.10. The number of pyridine rings is 1.